The number of hydrogen-bond acceptors (Lipinski definition) is 4. The Morgan fingerprint density at radius 2 is 1.90 bits per heavy atom. The molecule has 0 heterocycles. The van der Waals surface area contributed by atoms with Crippen molar-refractivity contribution in [3.63, 3.8) is 0 Å². The molecule has 0 radical (unpaired) electrons. The molecule has 0 aliphatic rings. The van der Waals surface area contributed by atoms with E-state index >= 15 is 0 Å². The first-order chi connectivity index (χ1) is 14.2. The molecule has 0 fully saturated rings. The molecule has 1 N–H and O–H groups in total. The second kappa shape index (κ2) is 11.3. The van der Waals surface area contributed by atoms with E-state index in [0.717, 1.165) is 5.56 Å². The summed E-state index contributed by atoms with van der Waals surface area (Å²) in [5, 5.41) is 13.0. The molecule has 30 heavy (non-hydrogen) atoms. The van der Waals surface area contributed by atoms with Gasteiger partial charge >= 0.3 is 0 Å². The standard InChI is InChI=1S/C22H21BrCl2N2O3/c1-4-29-20-9-15(8-16(11-26)22(28)27-13(2)3)17(23)10-21(20)30-12-14-5-6-18(24)19(25)7-14/h5-10,13H,4,12H2,1-3H3,(H,27,28)/b16-8-. The number of ether oxygens (including phenoxy) is 2. The van der Waals surface area contributed by atoms with Gasteiger partial charge in [-0.3, -0.25) is 4.79 Å². The van der Waals surface area contributed by atoms with Crippen LogP contribution in [0.2, 0.25) is 10.0 Å². The predicted octanol–water partition coefficient (Wildman–Crippen LogP) is 6.17. The van der Waals surface area contributed by atoms with Crippen molar-refractivity contribution < 1.29 is 14.3 Å². The largest absolute Gasteiger partial charge is 0.490 e. The van der Waals surface area contributed by atoms with Gasteiger partial charge in [0.05, 0.1) is 16.7 Å². The first-order valence-corrected chi connectivity index (χ1v) is 10.8. The number of halogens is 3. The molecule has 158 valence electrons. The van der Waals surface area contributed by atoms with Crippen LogP contribution in [-0.4, -0.2) is 18.6 Å². The molecular formula is C22H21BrCl2N2O3. The molecule has 2 rings (SSSR count). The van der Waals surface area contributed by atoms with Crippen molar-refractivity contribution in [2.24, 2.45) is 0 Å². The summed E-state index contributed by atoms with van der Waals surface area (Å²) in [6.45, 7) is 6.20. The van der Waals surface area contributed by atoms with Crippen LogP contribution in [0, 0.1) is 11.3 Å². The van der Waals surface area contributed by atoms with Gasteiger partial charge in [0.1, 0.15) is 18.2 Å². The third-order valence-electron chi connectivity index (χ3n) is 3.83. The Kier molecular flexibility index (Phi) is 9.04. The Morgan fingerprint density at radius 1 is 1.20 bits per heavy atom. The highest BCUT2D eigenvalue weighted by Crippen LogP contribution is 2.35. The Labute approximate surface area is 194 Å². The molecular weight excluding hydrogens is 491 g/mol. The molecule has 0 aliphatic heterocycles. The maximum absolute atomic E-state index is 12.2. The highest BCUT2D eigenvalue weighted by atomic mass is 79.9. The minimum absolute atomic E-state index is 0.00340. The van der Waals surface area contributed by atoms with Crippen LogP contribution in [0.15, 0.2) is 40.4 Å². The minimum atomic E-state index is -0.433. The lowest BCUT2D eigenvalue weighted by Gasteiger charge is -2.15. The SMILES string of the molecule is CCOc1cc(/C=C(/C#N)C(=O)NC(C)C)c(Br)cc1OCc1ccc(Cl)c(Cl)c1. The topological polar surface area (TPSA) is 71.3 Å². The summed E-state index contributed by atoms with van der Waals surface area (Å²) in [6, 6.07) is 10.6. The van der Waals surface area contributed by atoms with E-state index in [1.54, 1.807) is 24.3 Å². The summed E-state index contributed by atoms with van der Waals surface area (Å²) in [5.41, 5.74) is 1.47. The predicted molar refractivity (Wildman–Crippen MR) is 123 cm³/mol. The van der Waals surface area contributed by atoms with Crippen LogP contribution in [0.1, 0.15) is 31.9 Å². The van der Waals surface area contributed by atoms with E-state index in [1.165, 1.54) is 6.08 Å². The van der Waals surface area contributed by atoms with Crippen LogP contribution in [0.5, 0.6) is 11.5 Å². The first kappa shape index (κ1) is 24.1. The van der Waals surface area contributed by atoms with Gasteiger partial charge in [-0.1, -0.05) is 45.2 Å². The average Bonchev–Trinajstić information content (AvgIpc) is 2.68. The number of carbonyl (C=O) groups is 1. The second-order valence-electron chi connectivity index (χ2n) is 6.59. The zero-order valence-electron chi connectivity index (χ0n) is 16.8. The Morgan fingerprint density at radius 3 is 2.50 bits per heavy atom. The summed E-state index contributed by atoms with van der Waals surface area (Å²) >= 11 is 15.5. The fraction of sp³-hybridized carbons (Fsp3) is 0.273. The Balaban J connectivity index is 2.32. The van der Waals surface area contributed by atoms with Gasteiger partial charge in [-0.05, 0) is 62.2 Å². The first-order valence-electron chi connectivity index (χ1n) is 9.20. The van der Waals surface area contributed by atoms with Crippen molar-refractivity contribution in [2.75, 3.05) is 6.61 Å². The van der Waals surface area contributed by atoms with Crippen molar-refractivity contribution in [1.29, 1.82) is 5.26 Å². The number of hydrogen-bond donors (Lipinski definition) is 1. The number of rotatable bonds is 8. The number of nitrogens with zero attached hydrogens (tertiary/aromatic N) is 1. The van der Waals surface area contributed by atoms with Gasteiger partial charge in [-0.2, -0.15) is 5.26 Å². The van der Waals surface area contributed by atoms with E-state index in [-0.39, 0.29) is 18.2 Å². The molecule has 2 aromatic rings. The molecule has 0 spiro atoms. The van der Waals surface area contributed by atoms with Gasteiger partial charge in [0, 0.05) is 10.5 Å². The van der Waals surface area contributed by atoms with Crippen LogP contribution < -0.4 is 14.8 Å². The van der Waals surface area contributed by atoms with Gasteiger partial charge in [0.25, 0.3) is 5.91 Å². The number of amides is 1. The van der Waals surface area contributed by atoms with Crippen molar-refractivity contribution in [2.45, 2.75) is 33.4 Å². The summed E-state index contributed by atoms with van der Waals surface area (Å²) in [5.74, 6) is 0.572. The van der Waals surface area contributed by atoms with E-state index in [0.29, 0.717) is 38.2 Å². The molecule has 0 atom stereocenters. The maximum Gasteiger partial charge on any atom is 0.262 e. The van der Waals surface area contributed by atoms with E-state index in [2.05, 4.69) is 21.2 Å². The van der Waals surface area contributed by atoms with Crippen LogP contribution in [0.4, 0.5) is 0 Å². The summed E-state index contributed by atoms with van der Waals surface area (Å²) < 4.78 is 12.3. The third-order valence-corrected chi connectivity index (χ3v) is 5.25. The maximum atomic E-state index is 12.2. The third kappa shape index (κ3) is 6.66. The Bertz CT molecular complexity index is 1000. The molecule has 5 nitrogen and oxygen atoms in total. The van der Waals surface area contributed by atoms with Crippen molar-refractivity contribution in [3.8, 4) is 17.6 Å². The number of nitrogens with one attached hydrogen (secondary N) is 1. The lowest BCUT2D eigenvalue weighted by molar-refractivity contribution is -0.117. The molecule has 0 aliphatic carbocycles. The fourth-order valence-electron chi connectivity index (χ4n) is 2.48. The van der Waals surface area contributed by atoms with E-state index < -0.39 is 5.91 Å². The van der Waals surface area contributed by atoms with E-state index in [4.69, 9.17) is 32.7 Å². The van der Waals surface area contributed by atoms with Gasteiger partial charge in [0.15, 0.2) is 11.5 Å². The molecule has 8 heteroatoms. The van der Waals surface area contributed by atoms with Crippen LogP contribution in [0.3, 0.4) is 0 Å². The van der Waals surface area contributed by atoms with Gasteiger partial charge in [0.2, 0.25) is 0 Å². The minimum Gasteiger partial charge on any atom is -0.490 e. The highest BCUT2D eigenvalue weighted by Gasteiger charge is 2.14. The van der Waals surface area contributed by atoms with Crippen LogP contribution in [-0.2, 0) is 11.4 Å². The zero-order chi connectivity index (χ0) is 22.3. The normalized spacial score (nSPS) is 11.2. The van der Waals surface area contributed by atoms with Crippen molar-refractivity contribution in [3.05, 3.63) is 61.5 Å². The summed E-state index contributed by atoms with van der Waals surface area (Å²) in [6.07, 6.45) is 1.51. The number of benzene rings is 2. The van der Waals surface area contributed by atoms with Crippen molar-refractivity contribution >= 4 is 51.1 Å². The lowest BCUT2D eigenvalue weighted by Crippen LogP contribution is -2.30. The highest BCUT2D eigenvalue weighted by molar-refractivity contribution is 9.10. The van der Waals surface area contributed by atoms with E-state index in [1.807, 2.05) is 32.9 Å². The fourth-order valence-corrected chi connectivity index (χ4v) is 3.23. The Hall–Kier alpha value is -2.20. The monoisotopic (exact) mass is 510 g/mol. The van der Waals surface area contributed by atoms with Crippen LogP contribution >= 0.6 is 39.1 Å². The molecule has 0 bridgehead atoms. The smallest absolute Gasteiger partial charge is 0.262 e. The quantitative estimate of drug-likeness (QED) is 0.340. The summed E-state index contributed by atoms with van der Waals surface area (Å²) in [4.78, 5) is 12.2. The molecule has 0 saturated heterocycles. The summed E-state index contributed by atoms with van der Waals surface area (Å²) in [7, 11) is 0. The van der Waals surface area contributed by atoms with Crippen molar-refractivity contribution in [1.82, 2.24) is 5.32 Å². The van der Waals surface area contributed by atoms with Gasteiger partial charge < -0.3 is 14.8 Å². The molecule has 0 unspecified atom stereocenters. The zero-order valence-corrected chi connectivity index (χ0v) is 19.9. The average molecular weight is 512 g/mol. The number of nitriles is 1. The van der Waals surface area contributed by atoms with Crippen LogP contribution in [0.25, 0.3) is 6.08 Å². The van der Waals surface area contributed by atoms with E-state index in [9.17, 15) is 10.1 Å². The lowest BCUT2D eigenvalue weighted by atomic mass is 10.1. The van der Waals surface area contributed by atoms with Gasteiger partial charge in [-0.25, -0.2) is 0 Å². The molecule has 1 amide bonds. The molecule has 0 aromatic heterocycles. The van der Waals surface area contributed by atoms with Gasteiger partial charge in [-0.15, -0.1) is 0 Å². The second-order valence-corrected chi connectivity index (χ2v) is 8.26. The molecule has 0 saturated carbocycles. The number of carbonyl (C=O) groups excluding carboxylic acids is 1. The molecule has 2 aromatic carbocycles.